The number of carboxylic acids is 1. The van der Waals surface area contributed by atoms with Crippen LogP contribution in [0.5, 0.6) is 0 Å². The van der Waals surface area contributed by atoms with Crippen molar-refractivity contribution < 1.29 is 14.7 Å². The third-order valence-corrected chi connectivity index (χ3v) is 3.67. The molecule has 0 heterocycles. The Balaban J connectivity index is 2.06. The average Bonchev–Trinajstić information content (AvgIpc) is 3.01. The Labute approximate surface area is 114 Å². The van der Waals surface area contributed by atoms with Gasteiger partial charge in [0.1, 0.15) is 0 Å². The molecule has 0 bridgehead atoms. The fourth-order valence-electron chi connectivity index (χ4n) is 1.85. The predicted octanol–water partition coefficient (Wildman–Crippen LogP) is 2.53. The fraction of sp³-hybridized carbons (Fsp3) is 0.385. The molecule has 18 heavy (non-hydrogen) atoms. The third kappa shape index (κ3) is 3.10. The molecule has 1 amide bonds. The first kappa shape index (κ1) is 13.1. The lowest BCUT2D eigenvalue weighted by Gasteiger charge is -2.06. The third-order valence-electron chi connectivity index (χ3n) is 3.21. The number of nitrogens with one attached hydrogen (secondary N) is 1. The lowest BCUT2D eigenvalue weighted by atomic mass is 10.1. The van der Waals surface area contributed by atoms with Crippen LogP contribution in [-0.4, -0.2) is 23.5 Å². The number of rotatable bonds is 4. The molecule has 1 aromatic carbocycles. The summed E-state index contributed by atoms with van der Waals surface area (Å²) in [6.07, 6.45) is 1.15. The maximum atomic E-state index is 11.9. The summed E-state index contributed by atoms with van der Waals surface area (Å²) in [5.74, 6) is -0.0125. The summed E-state index contributed by atoms with van der Waals surface area (Å²) in [4.78, 5) is 22.8. The second kappa shape index (κ2) is 5.10. The second-order valence-electron chi connectivity index (χ2n) is 4.72. The van der Waals surface area contributed by atoms with Gasteiger partial charge in [0.2, 0.25) is 0 Å². The van der Waals surface area contributed by atoms with Gasteiger partial charge >= 0.3 is 5.97 Å². The zero-order chi connectivity index (χ0) is 13.3. The van der Waals surface area contributed by atoms with Crippen LogP contribution >= 0.6 is 15.9 Å². The van der Waals surface area contributed by atoms with Gasteiger partial charge in [-0.1, -0.05) is 22.9 Å². The van der Waals surface area contributed by atoms with Crippen molar-refractivity contribution in [2.24, 2.45) is 11.8 Å². The van der Waals surface area contributed by atoms with Crippen LogP contribution in [0.15, 0.2) is 22.7 Å². The van der Waals surface area contributed by atoms with Gasteiger partial charge in [0, 0.05) is 16.6 Å². The molecule has 0 saturated heterocycles. The predicted molar refractivity (Wildman–Crippen MR) is 70.7 cm³/mol. The van der Waals surface area contributed by atoms with E-state index in [-0.39, 0.29) is 11.5 Å². The summed E-state index contributed by atoms with van der Waals surface area (Å²) < 4.78 is 0.590. The van der Waals surface area contributed by atoms with Gasteiger partial charge in [0.15, 0.2) is 0 Å². The van der Waals surface area contributed by atoms with Crippen LogP contribution in [0.1, 0.15) is 34.1 Å². The number of aromatic carboxylic acids is 1. The molecule has 2 atom stereocenters. The van der Waals surface area contributed by atoms with E-state index in [1.54, 1.807) is 6.07 Å². The highest BCUT2D eigenvalue weighted by Gasteiger charge is 2.32. The maximum absolute atomic E-state index is 11.9. The molecule has 2 rings (SSSR count). The number of hydrogen-bond acceptors (Lipinski definition) is 2. The first-order chi connectivity index (χ1) is 8.47. The Morgan fingerprint density at radius 2 is 2.00 bits per heavy atom. The van der Waals surface area contributed by atoms with E-state index in [0.29, 0.717) is 28.4 Å². The van der Waals surface area contributed by atoms with Crippen LogP contribution in [0.25, 0.3) is 0 Å². The van der Waals surface area contributed by atoms with Gasteiger partial charge < -0.3 is 10.4 Å². The number of carbonyl (C=O) groups excluding carboxylic acids is 1. The van der Waals surface area contributed by atoms with Crippen molar-refractivity contribution in [1.29, 1.82) is 0 Å². The van der Waals surface area contributed by atoms with Gasteiger partial charge in [0.05, 0.1) is 5.56 Å². The highest BCUT2D eigenvalue weighted by Crippen LogP contribution is 2.36. The molecule has 1 aromatic rings. The van der Waals surface area contributed by atoms with E-state index in [1.807, 2.05) is 0 Å². The zero-order valence-corrected chi connectivity index (χ0v) is 11.5. The molecular weight excluding hydrogens is 298 g/mol. The lowest BCUT2D eigenvalue weighted by molar-refractivity contribution is 0.0697. The molecule has 2 unspecified atom stereocenters. The minimum atomic E-state index is -1.04. The molecule has 1 fully saturated rings. The molecule has 1 saturated carbocycles. The molecule has 0 aromatic heterocycles. The van der Waals surface area contributed by atoms with E-state index in [9.17, 15) is 9.59 Å². The van der Waals surface area contributed by atoms with E-state index in [0.717, 1.165) is 6.42 Å². The number of halogens is 1. The van der Waals surface area contributed by atoms with Gasteiger partial charge in [-0.3, -0.25) is 4.79 Å². The summed E-state index contributed by atoms with van der Waals surface area (Å²) in [6, 6.07) is 4.49. The Hall–Kier alpha value is -1.36. The van der Waals surface area contributed by atoms with E-state index in [1.165, 1.54) is 12.1 Å². The lowest BCUT2D eigenvalue weighted by Crippen LogP contribution is -2.26. The van der Waals surface area contributed by atoms with Crippen molar-refractivity contribution in [2.75, 3.05) is 6.54 Å². The van der Waals surface area contributed by atoms with Crippen LogP contribution < -0.4 is 5.32 Å². The van der Waals surface area contributed by atoms with Crippen LogP contribution in [0.3, 0.4) is 0 Å². The smallest absolute Gasteiger partial charge is 0.335 e. The normalized spacial score (nSPS) is 21.4. The number of benzene rings is 1. The minimum Gasteiger partial charge on any atom is -0.478 e. The van der Waals surface area contributed by atoms with Gasteiger partial charge in [-0.25, -0.2) is 4.79 Å². The average molecular weight is 312 g/mol. The number of amides is 1. The number of hydrogen-bond donors (Lipinski definition) is 2. The summed E-state index contributed by atoms with van der Waals surface area (Å²) in [6.45, 7) is 2.81. The topological polar surface area (TPSA) is 66.4 Å². The molecule has 1 aliphatic carbocycles. The van der Waals surface area contributed by atoms with Crippen LogP contribution in [-0.2, 0) is 0 Å². The van der Waals surface area contributed by atoms with Gasteiger partial charge in [-0.2, -0.15) is 0 Å². The minimum absolute atomic E-state index is 0.106. The second-order valence-corrected chi connectivity index (χ2v) is 5.63. The highest BCUT2D eigenvalue weighted by atomic mass is 79.9. The molecular formula is C13H14BrNO3. The van der Waals surface area contributed by atoms with Gasteiger partial charge in [0.25, 0.3) is 5.91 Å². The first-order valence-electron chi connectivity index (χ1n) is 5.79. The maximum Gasteiger partial charge on any atom is 0.335 e. The monoisotopic (exact) mass is 311 g/mol. The van der Waals surface area contributed by atoms with Gasteiger partial charge in [-0.15, -0.1) is 0 Å². The number of carboxylic acid groups (broad SMARTS) is 1. The number of carbonyl (C=O) groups is 2. The van der Waals surface area contributed by atoms with Crippen LogP contribution in [0.4, 0.5) is 0 Å². The van der Waals surface area contributed by atoms with E-state index in [2.05, 4.69) is 28.2 Å². The first-order valence-corrected chi connectivity index (χ1v) is 6.58. The molecule has 0 radical (unpaired) electrons. The van der Waals surface area contributed by atoms with E-state index in [4.69, 9.17) is 5.11 Å². The Morgan fingerprint density at radius 3 is 2.56 bits per heavy atom. The Bertz CT molecular complexity index is 501. The SMILES string of the molecule is CC1CC1CNC(=O)c1cc(Br)cc(C(=O)O)c1. The zero-order valence-electron chi connectivity index (χ0n) is 9.94. The van der Waals surface area contributed by atoms with Crippen molar-refractivity contribution in [3.8, 4) is 0 Å². The van der Waals surface area contributed by atoms with Crippen molar-refractivity contribution in [3.05, 3.63) is 33.8 Å². The molecule has 1 aliphatic rings. The van der Waals surface area contributed by atoms with Crippen molar-refractivity contribution in [3.63, 3.8) is 0 Å². The Morgan fingerprint density at radius 1 is 1.39 bits per heavy atom. The highest BCUT2D eigenvalue weighted by molar-refractivity contribution is 9.10. The van der Waals surface area contributed by atoms with Crippen molar-refractivity contribution >= 4 is 27.8 Å². The van der Waals surface area contributed by atoms with Gasteiger partial charge in [-0.05, 0) is 36.5 Å². The van der Waals surface area contributed by atoms with Crippen molar-refractivity contribution in [2.45, 2.75) is 13.3 Å². The van der Waals surface area contributed by atoms with Crippen LogP contribution in [0.2, 0.25) is 0 Å². The standard InChI is InChI=1S/C13H14BrNO3/c1-7-2-10(7)6-15-12(16)8-3-9(13(17)18)5-11(14)4-8/h3-5,7,10H,2,6H2,1H3,(H,15,16)(H,17,18). The quantitative estimate of drug-likeness (QED) is 0.898. The molecule has 5 heteroatoms. The van der Waals surface area contributed by atoms with E-state index >= 15 is 0 Å². The molecule has 4 nitrogen and oxygen atoms in total. The van der Waals surface area contributed by atoms with Crippen LogP contribution in [0, 0.1) is 11.8 Å². The molecule has 0 aliphatic heterocycles. The summed E-state index contributed by atoms with van der Waals surface area (Å²) in [5.41, 5.74) is 0.476. The van der Waals surface area contributed by atoms with E-state index < -0.39 is 5.97 Å². The molecule has 96 valence electrons. The molecule has 2 N–H and O–H groups in total. The summed E-state index contributed by atoms with van der Waals surface area (Å²) in [7, 11) is 0. The fourth-order valence-corrected chi connectivity index (χ4v) is 2.35. The largest absolute Gasteiger partial charge is 0.478 e. The van der Waals surface area contributed by atoms with Crippen molar-refractivity contribution in [1.82, 2.24) is 5.32 Å². The molecule has 0 spiro atoms. The summed E-state index contributed by atoms with van der Waals surface area (Å²) in [5, 5.41) is 11.8. The summed E-state index contributed by atoms with van der Waals surface area (Å²) >= 11 is 3.21. The Kier molecular flexibility index (Phi) is 3.71.